The monoisotopic (exact) mass is 360 g/mol. The molecule has 1 atom stereocenters. The molecule has 0 aromatic heterocycles. The van der Waals surface area contributed by atoms with E-state index in [4.69, 9.17) is 27.9 Å². The zero-order chi connectivity index (χ0) is 17.6. The van der Waals surface area contributed by atoms with E-state index in [-0.39, 0.29) is 18.4 Å². The Morgan fingerprint density at radius 3 is 2.35 bits per heavy atom. The summed E-state index contributed by atoms with van der Waals surface area (Å²) in [5.41, 5.74) is 0.440. The predicted molar refractivity (Wildman–Crippen MR) is 92.1 cm³/mol. The molecule has 0 radical (unpaired) electrons. The lowest BCUT2D eigenvalue weighted by Gasteiger charge is -2.26. The number of rotatable bonds is 7. The number of hydrogen-bond donors (Lipinski definition) is 0. The third-order valence-electron chi connectivity index (χ3n) is 3.37. The number of ether oxygens (including phenoxy) is 1. The largest absolute Gasteiger partial charge is 0.469 e. The molecule has 128 valence electrons. The second-order valence-electron chi connectivity index (χ2n) is 5.61. The molecule has 1 amide bonds. The first-order chi connectivity index (χ1) is 10.8. The highest BCUT2D eigenvalue weighted by Gasteiger charge is 2.23. The van der Waals surface area contributed by atoms with Crippen LogP contribution in [0.5, 0.6) is 0 Å². The van der Waals surface area contributed by atoms with Crippen LogP contribution in [0.15, 0.2) is 18.2 Å². The van der Waals surface area contributed by atoms with Crippen molar-refractivity contribution in [1.82, 2.24) is 9.80 Å². The molecule has 0 aliphatic carbocycles. The molecular weight excluding hydrogens is 339 g/mol. The van der Waals surface area contributed by atoms with Gasteiger partial charge in [-0.1, -0.05) is 30.1 Å². The smallest absolute Gasteiger partial charge is 0.310 e. The topological polar surface area (TPSA) is 49.9 Å². The van der Waals surface area contributed by atoms with E-state index >= 15 is 0 Å². The van der Waals surface area contributed by atoms with Gasteiger partial charge in [0, 0.05) is 25.2 Å². The number of hydrogen-bond acceptors (Lipinski definition) is 4. The van der Waals surface area contributed by atoms with Crippen molar-refractivity contribution in [2.75, 3.05) is 40.8 Å². The Bertz CT molecular complexity index is 564. The quantitative estimate of drug-likeness (QED) is 0.701. The number of halogens is 2. The molecule has 0 saturated heterocycles. The zero-order valence-electron chi connectivity index (χ0n) is 13.8. The van der Waals surface area contributed by atoms with Crippen LogP contribution >= 0.6 is 23.2 Å². The van der Waals surface area contributed by atoms with Crippen molar-refractivity contribution in [3.05, 3.63) is 33.8 Å². The zero-order valence-corrected chi connectivity index (χ0v) is 15.3. The van der Waals surface area contributed by atoms with Gasteiger partial charge in [0.25, 0.3) is 5.91 Å². The van der Waals surface area contributed by atoms with E-state index in [0.717, 1.165) is 0 Å². The van der Waals surface area contributed by atoms with Gasteiger partial charge in [0.15, 0.2) is 0 Å². The van der Waals surface area contributed by atoms with Crippen molar-refractivity contribution in [1.29, 1.82) is 0 Å². The van der Waals surface area contributed by atoms with E-state index in [1.807, 2.05) is 19.0 Å². The maximum Gasteiger partial charge on any atom is 0.310 e. The van der Waals surface area contributed by atoms with Crippen LogP contribution in [0.3, 0.4) is 0 Å². The van der Waals surface area contributed by atoms with Crippen molar-refractivity contribution in [3.8, 4) is 0 Å². The minimum Gasteiger partial charge on any atom is -0.469 e. The van der Waals surface area contributed by atoms with E-state index < -0.39 is 5.92 Å². The number of esters is 1. The second kappa shape index (κ2) is 9.11. The number of likely N-dealkylation sites (N-methyl/N-ethyl adjacent to an activating group) is 1. The summed E-state index contributed by atoms with van der Waals surface area (Å²) in [6.45, 7) is 3.19. The molecule has 7 heteroatoms. The minimum atomic E-state index is -0.408. The maximum absolute atomic E-state index is 12.7. The Labute approximate surface area is 147 Å². The van der Waals surface area contributed by atoms with Crippen LogP contribution in [0.25, 0.3) is 0 Å². The number of benzene rings is 1. The molecule has 0 aliphatic rings. The summed E-state index contributed by atoms with van der Waals surface area (Å²) in [6.07, 6.45) is 0. The molecule has 0 spiro atoms. The van der Waals surface area contributed by atoms with Gasteiger partial charge in [-0.2, -0.15) is 0 Å². The first-order valence-electron chi connectivity index (χ1n) is 7.23. The Hall–Kier alpha value is -1.30. The van der Waals surface area contributed by atoms with E-state index in [9.17, 15) is 9.59 Å². The van der Waals surface area contributed by atoms with Crippen LogP contribution in [-0.2, 0) is 9.53 Å². The van der Waals surface area contributed by atoms with Gasteiger partial charge in [0.1, 0.15) is 0 Å². The van der Waals surface area contributed by atoms with Crippen molar-refractivity contribution in [3.63, 3.8) is 0 Å². The third kappa shape index (κ3) is 6.01. The van der Waals surface area contributed by atoms with E-state index in [1.165, 1.54) is 13.2 Å². The molecule has 0 aliphatic heterocycles. The SMILES string of the molecule is COC(=O)C(C)CN(CCN(C)C)C(=O)c1ccc(Cl)c(Cl)c1. The van der Waals surface area contributed by atoms with E-state index in [0.29, 0.717) is 28.7 Å². The molecule has 5 nitrogen and oxygen atoms in total. The molecule has 0 heterocycles. The Kier molecular flexibility index (Phi) is 7.82. The van der Waals surface area contributed by atoms with Gasteiger partial charge in [-0.15, -0.1) is 0 Å². The molecule has 1 unspecified atom stereocenters. The summed E-state index contributed by atoms with van der Waals surface area (Å²) >= 11 is 11.9. The van der Waals surface area contributed by atoms with Crippen LogP contribution in [0.2, 0.25) is 10.0 Å². The second-order valence-corrected chi connectivity index (χ2v) is 6.42. The van der Waals surface area contributed by atoms with Gasteiger partial charge in [0.05, 0.1) is 23.1 Å². The molecule has 23 heavy (non-hydrogen) atoms. The first kappa shape index (κ1) is 19.7. The molecule has 1 aromatic carbocycles. The van der Waals surface area contributed by atoms with Gasteiger partial charge < -0.3 is 14.5 Å². The van der Waals surface area contributed by atoms with Gasteiger partial charge in [-0.05, 0) is 32.3 Å². The lowest BCUT2D eigenvalue weighted by molar-refractivity contribution is -0.145. The van der Waals surface area contributed by atoms with Crippen LogP contribution in [0.4, 0.5) is 0 Å². The number of amides is 1. The Morgan fingerprint density at radius 1 is 1.17 bits per heavy atom. The van der Waals surface area contributed by atoms with Gasteiger partial charge in [0.2, 0.25) is 0 Å². The highest BCUT2D eigenvalue weighted by molar-refractivity contribution is 6.42. The average molecular weight is 361 g/mol. The number of carbonyl (C=O) groups is 2. The Morgan fingerprint density at radius 2 is 1.83 bits per heavy atom. The molecule has 0 bridgehead atoms. The van der Waals surface area contributed by atoms with Crippen molar-refractivity contribution < 1.29 is 14.3 Å². The summed E-state index contributed by atoms with van der Waals surface area (Å²) in [5, 5.41) is 0.720. The summed E-state index contributed by atoms with van der Waals surface area (Å²) in [6, 6.07) is 4.75. The lowest BCUT2D eigenvalue weighted by Crippen LogP contribution is -2.41. The van der Waals surface area contributed by atoms with E-state index in [1.54, 1.807) is 24.0 Å². The first-order valence-corrected chi connectivity index (χ1v) is 7.98. The van der Waals surface area contributed by atoms with Gasteiger partial charge in [-0.3, -0.25) is 9.59 Å². The molecule has 1 aromatic rings. The number of carbonyl (C=O) groups excluding carboxylic acids is 2. The molecule has 0 N–H and O–H groups in total. The summed E-state index contributed by atoms with van der Waals surface area (Å²) in [7, 11) is 5.18. The van der Waals surface area contributed by atoms with Crippen LogP contribution in [-0.4, -0.2) is 62.5 Å². The maximum atomic E-state index is 12.7. The highest BCUT2D eigenvalue weighted by atomic mass is 35.5. The summed E-state index contributed by atoms with van der Waals surface area (Å²) in [4.78, 5) is 28.0. The highest BCUT2D eigenvalue weighted by Crippen LogP contribution is 2.23. The molecule has 1 rings (SSSR count). The summed E-state index contributed by atoms with van der Waals surface area (Å²) < 4.78 is 4.73. The minimum absolute atomic E-state index is 0.193. The van der Waals surface area contributed by atoms with Crippen molar-refractivity contribution in [2.24, 2.45) is 5.92 Å². The summed E-state index contributed by atoms with van der Waals surface area (Å²) in [5.74, 6) is -0.947. The fourth-order valence-electron chi connectivity index (χ4n) is 2.01. The molecular formula is C16H22Cl2N2O3. The fraction of sp³-hybridized carbons (Fsp3) is 0.500. The van der Waals surface area contributed by atoms with Gasteiger partial charge >= 0.3 is 5.97 Å². The van der Waals surface area contributed by atoms with Crippen molar-refractivity contribution >= 4 is 35.1 Å². The third-order valence-corrected chi connectivity index (χ3v) is 4.11. The predicted octanol–water partition coefficient (Wildman–Crippen LogP) is 2.81. The van der Waals surface area contributed by atoms with Crippen LogP contribution in [0.1, 0.15) is 17.3 Å². The van der Waals surface area contributed by atoms with Crippen LogP contribution in [0, 0.1) is 5.92 Å². The number of methoxy groups -OCH3 is 1. The number of nitrogens with zero attached hydrogens (tertiary/aromatic N) is 2. The Balaban J connectivity index is 2.94. The molecule has 0 saturated carbocycles. The lowest BCUT2D eigenvalue weighted by atomic mass is 10.1. The fourth-order valence-corrected chi connectivity index (χ4v) is 2.31. The van der Waals surface area contributed by atoms with E-state index in [2.05, 4.69) is 0 Å². The van der Waals surface area contributed by atoms with Gasteiger partial charge in [-0.25, -0.2) is 0 Å². The van der Waals surface area contributed by atoms with Crippen LogP contribution < -0.4 is 0 Å². The van der Waals surface area contributed by atoms with Crippen molar-refractivity contribution in [2.45, 2.75) is 6.92 Å². The normalized spacial score (nSPS) is 12.1. The standard InChI is InChI=1S/C16H22Cl2N2O3/c1-11(16(22)23-4)10-20(8-7-19(2)3)15(21)12-5-6-13(17)14(18)9-12/h5-6,9,11H,7-8,10H2,1-4H3. The molecule has 0 fully saturated rings. The average Bonchev–Trinajstić information content (AvgIpc) is 2.52.